The van der Waals surface area contributed by atoms with Gasteiger partial charge in [-0.2, -0.15) is 0 Å². The smallest absolute Gasteiger partial charge is 0.337 e. The molecule has 1 saturated carbocycles. The molecule has 0 radical (unpaired) electrons. The van der Waals surface area contributed by atoms with E-state index in [1.165, 1.54) is 18.4 Å². The number of nitrogens with one attached hydrogen (secondary N) is 1. The number of rotatable bonds is 4. The first-order valence-electron chi connectivity index (χ1n) is 6.50. The van der Waals surface area contributed by atoms with Crippen molar-refractivity contribution >= 4 is 28.3 Å². The largest absolute Gasteiger partial charge is 0.465 e. The summed E-state index contributed by atoms with van der Waals surface area (Å²) in [6.07, 6.45) is 2.30. The number of aromatic nitrogens is 2. The topological polar surface area (TPSA) is 81.2 Å². The highest BCUT2D eigenvalue weighted by atomic mass is 32.1. The van der Waals surface area contributed by atoms with Gasteiger partial charge in [-0.3, -0.25) is 10.1 Å². The summed E-state index contributed by atoms with van der Waals surface area (Å²) in [4.78, 5) is 23.4. The quantitative estimate of drug-likeness (QED) is 0.877. The fourth-order valence-corrected chi connectivity index (χ4v) is 2.73. The Labute approximate surface area is 125 Å². The SMILES string of the molecule is COC(=O)c1ccc(C(=O)Nc2nnc(C3CC3)s2)cc1. The molecule has 1 aromatic heterocycles. The number of carbonyl (C=O) groups excluding carboxylic acids is 2. The molecule has 1 aliphatic carbocycles. The Balaban J connectivity index is 1.67. The second-order valence-corrected chi connectivity index (χ2v) is 5.75. The lowest BCUT2D eigenvalue weighted by molar-refractivity contribution is 0.0600. The van der Waals surface area contributed by atoms with E-state index >= 15 is 0 Å². The number of hydrogen-bond acceptors (Lipinski definition) is 6. The van der Waals surface area contributed by atoms with Crippen molar-refractivity contribution in [3.05, 3.63) is 40.4 Å². The van der Waals surface area contributed by atoms with Crippen molar-refractivity contribution in [2.24, 2.45) is 0 Å². The third-order valence-corrected chi connectivity index (χ3v) is 4.16. The van der Waals surface area contributed by atoms with Crippen molar-refractivity contribution in [1.29, 1.82) is 0 Å². The summed E-state index contributed by atoms with van der Waals surface area (Å²) in [6.45, 7) is 0. The molecule has 1 fully saturated rings. The summed E-state index contributed by atoms with van der Waals surface area (Å²) in [6, 6.07) is 6.25. The maximum Gasteiger partial charge on any atom is 0.337 e. The predicted molar refractivity (Wildman–Crippen MR) is 77.6 cm³/mol. The van der Waals surface area contributed by atoms with Crippen LogP contribution in [0.4, 0.5) is 5.13 Å². The Morgan fingerprint density at radius 3 is 2.48 bits per heavy atom. The van der Waals surface area contributed by atoms with Crippen LogP contribution in [0.1, 0.15) is 44.5 Å². The molecule has 7 heteroatoms. The summed E-state index contributed by atoms with van der Waals surface area (Å²) in [5.41, 5.74) is 0.854. The Morgan fingerprint density at radius 1 is 1.19 bits per heavy atom. The molecule has 1 heterocycles. The first kappa shape index (κ1) is 13.7. The molecule has 1 amide bonds. The lowest BCUT2D eigenvalue weighted by atomic mass is 10.1. The number of carbonyl (C=O) groups is 2. The molecule has 21 heavy (non-hydrogen) atoms. The lowest BCUT2D eigenvalue weighted by Crippen LogP contribution is -2.12. The van der Waals surface area contributed by atoms with Crippen molar-refractivity contribution < 1.29 is 14.3 Å². The van der Waals surface area contributed by atoms with Gasteiger partial charge in [0, 0.05) is 11.5 Å². The average molecular weight is 303 g/mol. The molecule has 0 unspecified atom stereocenters. The van der Waals surface area contributed by atoms with Crippen LogP contribution in [0.15, 0.2) is 24.3 Å². The number of esters is 1. The zero-order chi connectivity index (χ0) is 14.8. The van der Waals surface area contributed by atoms with E-state index in [1.807, 2.05) is 0 Å². The zero-order valence-electron chi connectivity index (χ0n) is 11.3. The zero-order valence-corrected chi connectivity index (χ0v) is 12.1. The highest BCUT2D eigenvalue weighted by Gasteiger charge is 2.27. The van der Waals surface area contributed by atoms with Crippen LogP contribution in [0.2, 0.25) is 0 Å². The van der Waals surface area contributed by atoms with Crippen LogP contribution in [0.25, 0.3) is 0 Å². The molecule has 1 aliphatic rings. The molecule has 0 saturated heterocycles. The third kappa shape index (κ3) is 3.08. The van der Waals surface area contributed by atoms with Gasteiger partial charge in [0.15, 0.2) is 0 Å². The van der Waals surface area contributed by atoms with E-state index < -0.39 is 5.97 Å². The van der Waals surface area contributed by atoms with Gasteiger partial charge in [-0.15, -0.1) is 10.2 Å². The van der Waals surface area contributed by atoms with E-state index in [9.17, 15) is 9.59 Å². The van der Waals surface area contributed by atoms with Crippen LogP contribution in [0.3, 0.4) is 0 Å². The number of methoxy groups -OCH3 is 1. The van der Waals surface area contributed by atoms with Crippen LogP contribution >= 0.6 is 11.3 Å². The molecule has 1 aromatic carbocycles. The first-order chi connectivity index (χ1) is 10.2. The Bertz CT molecular complexity index is 677. The minimum Gasteiger partial charge on any atom is -0.465 e. The number of benzene rings is 1. The predicted octanol–water partition coefficient (Wildman–Crippen LogP) is 2.45. The Morgan fingerprint density at radius 2 is 1.86 bits per heavy atom. The number of amides is 1. The molecule has 0 atom stereocenters. The molecular weight excluding hydrogens is 290 g/mol. The van der Waals surface area contributed by atoms with Crippen molar-refractivity contribution in [3.63, 3.8) is 0 Å². The molecule has 0 aliphatic heterocycles. The maximum absolute atomic E-state index is 12.1. The van der Waals surface area contributed by atoms with E-state index in [0.29, 0.717) is 22.2 Å². The summed E-state index contributed by atoms with van der Waals surface area (Å²) in [7, 11) is 1.32. The minimum absolute atomic E-state index is 0.273. The molecule has 0 bridgehead atoms. The third-order valence-electron chi connectivity index (χ3n) is 3.16. The number of ether oxygens (including phenoxy) is 1. The fourth-order valence-electron chi connectivity index (χ4n) is 1.83. The summed E-state index contributed by atoms with van der Waals surface area (Å²) < 4.78 is 4.61. The molecule has 2 aromatic rings. The van der Waals surface area contributed by atoms with Crippen molar-refractivity contribution in [1.82, 2.24) is 10.2 Å². The summed E-state index contributed by atoms with van der Waals surface area (Å²) in [5.74, 6) is -0.183. The van der Waals surface area contributed by atoms with E-state index in [2.05, 4.69) is 20.3 Å². The average Bonchev–Trinajstić information content (AvgIpc) is 3.27. The van der Waals surface area contributed by atoms with Crippen molar-refractivity contribution in [2.45, 2.75) is 18.8 Å². The highest BCUT2D eigenvalue weighted by molar-refractivity contribution is 7.15. The fraction of sp³-hybridized carbons (Fsp3) is 0.286. The standard InChI is InChI=1S/C14H13N3O3S/c1-20-13(19)10-6-2-8(3-7-10)11(18)15-14-17-16-12(21-14)9-4-5-9/h2-3,6-7,9H,4-5H2,1H3,(H,15,17,18). The summed E-state index contributed by atoms with van der Waals surface area (Å²) in [5, 5.41) is 12.2. The van der Waals surface area contributed by atoms with Crippen LogP contribution in [-0.2, 0) is 4.74 Å². The normalized spacial score (nSPS) is 13.8. The number of nitrogens with zero attached hydrogens (tertiary/aromatic N) is 2. The monoisotopic (exact) mass is 303 g/mol. The van der Waals surface area contributed by atoms with Crippen molar-refractivity contribution in [3.8, 4) is 0 Å². The van der Waals surface area contributed by atoms with E-state index in [1.54, 1.807) is 24.3 Å². The molecular formula is C14H13N3O3S. The van der Waals surface area contributed by atoms with Crippen LogP contribution < -0.4 is 5.32 Å². The van der Waals surface area contributed by atoms with E-state index in [0.717, 1.165) is 17.8 Å². The Kier molecular flexibility index (Phi) is 3.66. The van der Waals surface area contributed by atoms with Gasteiger partial charge in [0.05, 0.1) is 12.7 Å². The van der Waals surface area contributed by atoms with Gasteiger partial charge in [-0.25, -0.2) is 4.79 Å². The molecule has 6 nitrogen and oxygen atoms in total. The van der Waals surface area contributed by atoms with Crippen molar-refractivity contribution in [2.75, 3.05) is 12.4 Å². The summed E-state index contributed by atoms with van der Waals surface area (Å²) >= 11 is 1.41. The molecule has 108 valence electrons. The van der Waals surface area contributed by atoms with Gasteiger partial charge in [-0.05, 0) is 37.1 Å². The first-order valence-corrected chi connectivity index (χ1v) is 7.32. The molecule has 3 rings (SSSR count). The van der Waals surface area contributed by atoms with Gasteiger partial charge >= 0.3 is 5.97 Å². The van der Waals surface area contributed by atoms with Crippen LogP contribution in [-0.4, -0.2) is 29.2 Å². The maximum atomic E-state index is 12.1. The van der Waals surface area contributed by atoms with Gasteiger partial charge in [-0.1, -0.05) is 11.3 Å². The highest BCUT2D eigenvalue weighted by Crippen LogP contribution is 2.42. The van der Waals surface area contributed by atoms with E-state index in [4.69, 9.17) is 0 Å². The van der Waals surface area contributed by atoms with Gasteiger partial charge in [0.25, 0.3) is 5.91 Å². The molecule has 1 N–H and O–H groups in total. The number of hydrogen-bond donors (Lipinski definition) is 1. The Hall–Kier alpha value is -2.28. The van der Waals surface area contributed by atoms with Gasteiger partial charge in [0.2, 0.25) is 5.13 Å². The number of anilines is 1. The minimum atomic E-state index is -0.430. The second kappa shape index (κ2) is 5.61. The van der Waals surface area contributed by atoms with Crippen LogP contribution in [0.5, 0.6) is 0 Å². The second-order valence-electron chi connectivity index (χ2n) is 4.74. The van der Waals surface area contributed by atoms with Gasteiger partial charge < -0.3 is 4.74 Å². The molecule has 0 spiro atoms. The van der Waals surface area contributed by atoms with Crippen LogP contribution in [0, 0.1) is 0 Å². The van der Waals surface area contributed by atoms with E-state index in [-0.39, 0.29) is 5.91 Å². The lowest BCUT2D eigenvalue weighted by Gasteiger charge is -2.02. The van der Waals surface area contributed by atoms with Gasteiger partial charge in [0.1, 0.15) is 5.01 Å².